The Morgan fingerprint density at radius 3 is 2.83 bits per heavy atom. The van der Waals surface area contributed by atoms with Crippen molar-refractivity contribution in [3.05, 3.63) is 29.8 Å². The van der Waals surface area contributed by atoms with Crippen molar-refractivity contribution in [1.29, 1.82) is 0 Å². The van der Waals surface area contributed by atoms with Gasteiger partial charge in [0.25, 0.3) is 0 Å². The zero-order chi connectivity index (χ0) is 13.0. The molecular formula is C14H18O4. The number of carboxylic acid groups (broad SMARTS) is 1. The van der Waals surface area contributed by atoms with Crippen molar-refractivity contribution in [2.75, 3.05) is 20.3 Å². The predicted molar refractivity (Wildman–Crippen MR) is 67.0 cm³/mol. The molecule has 1 saturated heterocycles. The highest BCUT2D eigenvalue weighted by molar-refractivity contribution is 5.66. The number of hydrogen-bond donors (Lipinski definition) is 1. The highest BCUT2D eigenvalue weighted by Crippen LogP contribution is 2.38. The minimum absolute atomic E-state index is 0.0238. The highest BCUT2D eigenvalue weighted by atomic mass is 16.5. The number of benzene rings is 1. The molecule has 0 spiro atoms. The lowest BCUT2D eigenvalue weighted by atomic mass is 9.74. The maximum atomic E-state index is 10.6. The van der Waals surface area contributed by atoms with Gasteiger partial charge in [0, 0.05) is 11.8 Å². The molecule has 1 heterocycles. The molecule has 1 aromatic carbocycles. The number of carboxylic acids is 1. The van der Waals surface area contributed by atoms with Gasteiger partial charge in [0.05, 0.1) is 20.3 Å². The van der Waals surface area contributed by atoms with Crippen LogP contribution >= 0.6 is 0 Å². The molecule has 1 aliphatic rings. The molecule has 4 heteroatoms. The summed E-state index contributed by atoms with van der Waals surface area (Å²) in [6, 6.07) is 7.95. The minimum Gasteiger partial charge on any atom is -0.497 e. The van der Waals surface area contributed by atoms with E-state index in [0.717, 1.165) is 12.2 Å². The van der Waals surface area contributed by atoms with Gasteiger partial charge in [-0.05, 0) is 30.5 Å². The standard InChI is InChI=1S/C14H18O4/c1-17-12-5-2-4-11(8-12)14(9-18-10-14)7-3-6-13(15)16/h2,4-5,8H,3,6-7,9-10H2,1H3,(H,15,16). The van der Waals surface area contributed by atoms with E-state index >= 15 is 0 Å². The van der Waals surface area contributed by atoms with E-state index in [9.17, 15) is 4.79 Å². The molecule has 1 fully saturated rings. The largest absolute Gasteiger partial charge is 0.497 e. The lowest BCUT2D eigenvalue weighted by molar-refractivity contribution is -0.137. The van der Waals surface area contributed by atoms with E-state index < -0.39 is 5.97 Å². The van der Waals surface area contributed by atoms with Crippen molar-refractivity contribution in [3.8, 4) is 5.75 Å². The number of ether oxygens (including phenoxy) is 2. The average molecular weight is 250 g/mol. The van der Waals surface area contributed by atoms with Crippen molar-refractivity contribution in [2.24, 2.45) is 0 Å². The van der Waals surface area contributed by atoms with Crippen LogP contribution in [0.15, 0.2) is 24.3 Å². The molecule has 1 aromatic rings. The molecule has 0 saturated carbocycles. The van der Waals surface area contributed by atoms with Crippen LogP contribution in [-0.2, 0) is 14.9 Å². The molecule has 0 unspecified atom stereocenters. The van der Waals surface area contributed by atoms with Gasteiger partial charge in [-0.25, -0.2) is 0 Å². The summed E-state index contributed by atoms with van der Waals surface area (Å²) in [5, 5.41) is 8.70. The van der Waals surface area contributed by atoms with Gasteiger partial charge >= 0.3 is 5.97 Å². The van der Waals surface area contributed by atoms with Gasteiger partial charge in [0.1, 0.15) is 5.75 Å². The van der Waals surface area contributed by atoms with E-state index in [1.807, 2.05) is 18.2 Å². The molecule has 0 aliphatic carbocycles. The summed E-state index contributed by atoms with van der Waals surface area (Å²) < 4.78 is 10.6. The second kappa shape index (κ2) is 5.40. The van der Waals surface area contributed by atoms with E-state index in [4.69, 9.17) is 14.6 Å². The van der Waals surface area contributed by atoms with Crippen LogP contribution in [0, 0.1) is 0 Å². The maximum absolute atomic E-state index is 10.6. The molecule has 1 N–H and O–H groups in total. The van der Waals surface area contributed by atoms with Crippen molar-refractivity contribution in [1.82, 2.24) is 0 Å². The van der Waals surface area contributed by atoms with E-state index in [0.29, 0.717) is 19.6 Å². The molecule has 2 rings (SSSR count). The van der Waals surface area contributed by atoms with E-state index in [1.165, 1.54) is 5.56 Å². The summed E-state index contributed by atoms with van der Waals surface area (Å²) in [6.07, 6.45) is 1.73. The van der Waals surface area contributed by atoms with Crippen molar-refractivity contribution in [3.63, 3.8) is 0 Å². The van der Waals surface area contributed by atoms with Gasteiger partial charge < -0.3 is 14.6 Å². The Balaban J connectivity index is 2.08. The Morgan fingerprint density at radius 1 is 1.50 bits per heavy atom. The third-order valence-electron chi connectivity index (χ3n) is 3.48. The van der Waals surface area contributed by atoms with Gasteiger partial charge in [-0.3, -0.25) is 4.79 Å². The number of carbonyl (C=O) groups is 1. The number of methoxy groups -OCH3 is 1. The molecular weight excluding hydrogens is 232 g/mol. The van der Waals surface area contributed by atoms with Crippen LogP contribution in [0.1, 0.15) is 24.8 Å². The fraction of sp³-hybridized carbons (Fsp3) is 0.500. The first-order valence-electron chi connectivity index (χ1n) is 6.10. The van der Waals surface area contributed by atoms with Gasteiger partial charge in [0.2, 0.25) is 0 Å². The molecule has 0 aromatic heterocycles. The van der Waals surface area contributed by atoms with Crippen molar-refractivity contribution < 1.29 is 19.4 Å². The van der Waals surface area contributed by atoms with Gasteiger partial charge in [-0.1, -0.05) is 12.1 Å². The van der Waals surface area contributed by atoms with E-state index in [-0.39, 0.29) is 11.8 Å². The second-order valence-corrected chi connectivity index (χ2v) is 4.75. The van der Waals surface area contributed by atoms with Crippen LogP contribution in [0.4, 0.5) is 0 Å². The Morgan fingerprint density at radius 2 is 2.28 bits per heavy atom. The van der Waals surface area contributed by atoms with Crippen LogP contribution in [0.5, 0.6) is 5.75 Å². The number of hydrogen-bond acceptors (Lipinski definition) is 3. The van der Waals surface area contributed by atoms with E-state index in [2.05, 4.69) is 6.07 Å². The fourth-order valence-electron chi connectivity index (χ4n) is 2.33. The van der Waals surface area contributed by atoms with Crippen LogP contribution in [0.2, 0.25) is 0 Å². The SMILES string of the molecule is COc1cccc(C2(CCCC(=O)O)COC2)c1. The first kappa shape index (κ1) is 12.9. The Bertz CT molecular complexity index is 424. The van der Waals surface area contributed by atoms with Gasteiger partial charge in [-0.2, -0.15) is 0 Å². The monoisotopic (exact) mass is 250 g/mol. The molecule has 0 atom stereocenters. The van der Waals surface area contributed by atoms with Crippen LogP contribution in [-0.4, -0.2) is 31.4 Å². The first-order valence-corrected chi connectivity index (χ1v) is 6.10. The summed E-state index contributed by atoms with van der Waals surface area (Å²) in [5.41, 5.74) is 1.16. The Hall–Kier alpha value is -1.55. The molecule has 18 heavy (non-hydrogen) atoms. The lowest BCUT2D eigenvalue weighted by Crippen LogP contribution is -2.46. The van der Waals surface area contributed by atoms with E-state index in [1.54, 1.807) is 7.11 Å². The third kappa shape index (κ3) is 2.64. The zero-order valence-corrected chi connectivity index (χ0v) is 10.5. The van der Waals surface area contributed by atoms with Crippen molar-refractivity contribution in [2.45, 2.75) is 24.7 Å². The highest BCUT2D eigenvalue weighted by Gasteiger charge is 2.39. The molecule has 0 radical (unpaired) electrons. The smallest absolute Gasteiger partial charge is 0.303 e. The Labute approximate surface area is 107 Å². The normalized spacial score (nSPS) is 16.9. The van der Waals surface area contributed by atoms with Gasteiger partial charge in [0.15, 0.2) is 0 Å². The minimum atomic E-state index is -0.740. The Kier molecular flexibility index (Phi) is 3.87. The number of aliphatic carboxylic acids is 1. The third-order valence-corrected chi connectivity index (χ3v) is 3.48. The summed E-state index contributed by atoms with van der Waals surface area (Å²) >= 11 is 0. The first-order chi connectivity index (χ1) is 8.66. The summed E-state index contributed by atoms with van der Waals surface area (Å²) in [4.78, 5) is 10.6. The maximum Gasteiger partial charge on any atom is 0.303 e. The molecule has 0 amide bonds. The van der Waals surface area contributed by atoms with Crippen LogP contribution in [0.3, 0.4) is 0 Å². The summed E-state index contributed by atoms with van der Waals surface area (Å²) in [5.74, 6) is 0.0908. The molecule has 1 aliphatic heterocycles. The zero-order valence-electron chi connectivity index (χ0n) is 10.5. The fourth-order valence-corrected chi connectivity index (χ4v) is 2.33. The quantitative estimate of drug-likeness (QED) is 0.841. The molecule has 4 nitrogen and oxygen atoms in total. The lowest BCUT2D eigenvalue weighted by Gasteiger charge is -2.42. The van der Waals surface area contributed by atoms with Crippen molar-refractivity contribution >= 4 is 5.97 Å². The number of rotatable bonds is 6. The summed E-state index contributed by atoms with van der Waals surface area (Å²) in [7, 11) is 1.65. The molecule has 98 valence electrons. The second-order valence-electron chi connectivity index (χ2n) is 4.75. The predicted octanol–water partition coefficient (Wildman–Crippen LogP) is 2.22. The topological polar surface area (TPSA) is 55.8 Å². The summed E-state index contributed by atoms with van der Waals surface area (Å²) in [6.45, 7) is 1.33. The van der Waals surface area contributed by atoms with Crippen LogP contribution < -0.4 is 4.74 Å². The molecule has 0 bridgehead atoms. The van der Waals surface area contributed by atoms with Crippen LogP contribution in [0.25, 0.3) is 0 Å². The van der Waals surface area contributed by atoms with Gasteiger partial charge in [-0.15, -0.1) is 0 Å². The average Bonchev–Trinajstić information content (AvgIpc) is 2.32.